The summed E-state index contributed by atoms with van der Waals surface area (Å²) in [5.41, 5.74) is 2.56. The molecule has 0 aliphatic carbocycles. The first-order chi connectivity index (χ1) is 13.9. The van der Waals surface area contributed by atoms with Crippen LogP contribution in [0.2, 0.25) is 0 Å². The second-order valence-corrected chi connectivity index (χ2v) is 7.03. The maximum atomic E-state index is 12.3. The summed E-state index contributed by atoms with van der Waals surface area (Å²) < 4.78 is 16.0. The molecule has 2 aromatic rings. The quantitative estimate of drug-likeness (QED) is 0.630. The molecule has 0 saturated carbocycles. The second-order valence-electron chi connectivity index (χ2n) is 7.03. The average molecular weight is 399 g/mol. The van der Waals surface area contributed by atoms with Crippen molar-refractivity contribution < 1.29 is 28.9 Å². The zero-order valence-electron chi connectivity index (χ0n) is 16.6. The highest BCUT2D eigenvalue weighted by atomic mass is 16.7. The molecule has 1 aliphatic heterocycles. The van der Waals surface area contributed by atoms with Crippen molar-refractivity contribution in [3.05, 3.63) is 53.1 Å². The molecule has 3 rings (SSSR count). The lowest BCUT2D eigenvalue weighted by atomic mass is 9.99. The largest absolute Gasteiger partial charge is 0.491 e. The summed E-state index contributed by atoms with van der Waals surface area (Å²) in [5.74, 6) is 1.44. The molecular weight excluding hydrogens is 374 g/mol. The van der Waals surface area contributed by atoms with Gasteiger partial charge in [-0.15, -0.1) is 0 Å². The fraction of sp³-hybridized carbons (Fsp3) is 0.364. The van der Waals surface area contributed by atoms with E-state index in [0.717, 1.165) is 11.1 Å². The van der Waals surface area contributed by atoms with Crippen LogP contribution >= 0.6 is 0 Å². The number of carbonyl (C=O) groups is 2. The van der Waals surface area contributed by atoms with Gasteiger partial charge in [-0.2, -0.15) is 0 Å². The van der Waals surface area contributed by atoms with Crippen LogP contribution in [0.3, 0.4) is 0 Å². The fourth-order valence-corrected chi connectivity index (χ4v) is 2.94. The number of ketones is 1. The minimum Gasteiger partial charge on any atom is -0.491 e. The predicted molar refractivity (Wildman–Crippen MR) is 107 cm³/mol. The number of aryl methyl sites for hydroxylation is 2. The Morgan fingerprint density at radius 2 is 1.90 bits per heavy atom. The molecule has 1 unspecified atom stereocenters. The van der Waals surface area contributed by atoms with E-state index in [0.29, 0.717) is 22.8 Å². The van der Waals surface area contributed by atoms with Crippen molar-refractivity contribution in [3.63, 3.8) is 0 Å². The van der Waals surface area contributed by atoms with E-state index in [1.807, 2.05) is 32.0 Å². The van der Waals surface area contributed by atoms with Crippen molar-refractivity contribution in [3.8, 4) is 17.2 Å². The third kappa shape index (κ3) is 5.71. The monoisotopic (exact) mass is 399 g/mol. The summed E-state index contributed by atoms with van der Waals surface area (Å²) in [4.78, 5) is 24.3. The molecule has 29 heavy (non-hydrogen) atoms. The summed E-state index contributed by atoms with van der Waals surface area (Å²) in [7, 11) is 0. The maximum Gasteiger partial charge on any atom is 0.231 e. The first-order valence-electron chi connectivity index (χ1n) is 9.50. The number of Topliss-reactive ketones (excluding diaryl/α,β-unsaturated/α-hetero) is 1. The standard InChI is InChI=1S/C22H25NO6/c1-14-3-4-15(2)18(9-14)19(25)6-8-22(26)23-11-16(24)12-27-17-5-7-20-21(10-17)29-13-28-20/h3-5,7,9-10,16,24H,6,8,11-13H2,1-2H3,(H,23,26). The molecule has 1 heterocycles. The van der Waals surface area contributed by atoms with Gasteiger partial charge in [-0.05, 0) is 37.6 Å². The van der Waals surface area contributed by atoms with E-state index in [2.05, 4.69) is 5.32 Å². The van der Waals surface area contributed by atoms with Gasteiger partial charge in [-0.25, -0.2) is 0 Å². The van der Waals surface area contributed by atoms with Gasteiger partial charge in [0.2, 0.25) is 12.7 Å². The van der Waals surface area contributed by atoms with Crippen molar-refractivity contribution in [2.75, 3.05) is 19.9 Å². The summed E-state index contributed by atoms with van der Waals surface area (Å²) >= 11 is 0. The van der Waals surface area contributed by atoms with Gasteiger partial charge >= 0.3 is 0 Å². The van der Waals surface area contributed by atoms with Crippen LogP contribution in [0.4, 0.5) is 0 Å². The molecule has 2 aromatic carbocycles. The molecule has 0 spiro atoms. The van der Waals surface area contributed by atoms with Gasteiger partial charge in [0.15, 0.2) is 17.3 Å². The third-order valence-corrected chi connectivity index (χ3v) is 4.59. The number of nitrogens with one attached hydrogen (secondary N) is 1. The van der Waals surface area contributed by atoms with Crippen molar-refractivity contribution in [1.82, 2.24) is 5.32 Å². The van der Waals surface area contributed by atoms with Gasteiger partial charge in [-0.1, -0.05) is 17.7 Å². The zero-order valence-corrected chi connectivity index (χ0v) is 16.6. The molecule has 0 bridgehead atoms. The Hall–Kier alpha value is -3.06. The molecule has 1 amide bonds. The number of aliphatic hydroxyl groups is 1. The van der Waals surface area contributed by atoms with Crippen LogP contribution in [0, 0.1) is 13.8 Å². The van der Waals surface area contributed by atoms with Crippen molar-refractivity contribution >= 4 is 11.7 Å². The number of hydrogen-bond donors (Lipinski definition) is 2. The number of amides is 1. The van der Waals surface area contributed by atoms with Crippen LogP contribution in [-0.2, 0) is 4.79 Å². The maximum absolute atomic E-state index is 12.3. The van der Waals surface area contributed by atoms with Gasteiger partial charge in [0.1, 0.15) is 18.5 Å². The van der Waals surface area contributed by atoms with E-state index in [1.165, 1.54) is 0 Å². The average Bonchev–Trinajstić information content (AvgIpc) is 3.18. The third-order valence-electron chi connectivity index (χ3n) is 4.59. The van der Waals surface area contributed by atoms with Gasteiger partial charge in [0.05, 0.1) is 0 Å². The molecule has 0 aromatic heterocycles. The van der Waals surface area contributed by atoms with Crippen molar-refractivity contribution in [2.45, 2.75) is 32.8 Å². The Labute approximate surface area is 169 Å². The molecule has 7 heteroatoms. The van der Waals surface area contributed by atoms with Crippen LogP contribution < -0.4 is 19.5 Å². The Morgan fingerprint density at radius 3 is 2.72 bits per heavy atom. The molecule has 0 fully saturated rings. The lowest BCUT2D eigenvalue weighted by Gasteiger charge is -2.13. The number of rotatable bonds is 9. The molecule has 154 valence electrons. The number of aliphatic hydroxyl groups excluding tert-OH is 1. The highest BCUT2D eigenvalue weighted by molar-refractivity contribution is 5.99. The van der Waals surface area contributed by atoms with E-state index < -0.39 is 6.10 Å². The van der Waals surface area contributed by atoms with E-state index in [-0.39, 0.29) is 44.5 Å². The number of carbonyl (C=O) groups excluding carboxylic acids is 2. The predicted octanol–water partition coefficient (Wildman–Crippen LogP) is 2.55. The van der Waals surface area contributed by atoms with Crippen molar-refractivity contribution in [1.29, 1.82) is 0 Å². The Bertz CT molecular complexity index is 895. The molecule has 0 saturated heterocycles. The minimum atomic E-state index is -0.876. The van der Waals surface area contributed by atoms with Gasteiger partial charge in [0.25, 0.3) is 0 Å². The zero-order chi connectivity index (χ0) is 20.8. The summed E-state index contributed by atoms with van der Waals surface area (Å²) in [6.07, 6.45) is -0.680. The SMILES string of the molecule is Cc1ccc(C)c(C(=O)CCC(=O)NCC(O)COc2ccc3c(c2)OCO3)c1. The van der Waals surface area contributed by atoms with E-state index in [1.54, 1.807) is 18.2 Å². The van der Waals surface area contributed by atoms with E-state index in [4.69, 9.17) is 14.2 Å². The molecule has 0 radical (unpaired) electrons. The van der Waals surface area contributed by atoms with Crippen molar-refractivity contribution in [2.24, 2.45) is 0 Å². The van der Waals surface area contributed by atoms with Crippen LogP contribution in [0.15, 0.2) is 36.4 Å². The summed E-state index contributed by atoms with van der Waals surface area (Å²) in [6.45, 7) is 4.04. The lowest BCUT2D eigenvalue weighted by molar-refractivity contribution is -0.121. The van der Waals surface area contributed by atoms with Crippen LogP contribution in [0.5, 0.6) is 17.2 Å². The molecule has 2 N–H and O–H groups in total. The molecule has 1 atom stereocenters. The van der Waals surface area contributed by atoms with Gasteiger partial charge < -0.3 is 24.6 Å². The minimum absolute atomic E-state index is 0.0152. The lowest BCUT2D eigenvalue weighted by Crippen LogP contribution is -2.35. The van der Waals surface area contributed by atoms with E-state index in [9.17, 15) is 14.7 Å². The number of ether oxygens (including phenoxy) is 3. The number of benzene rings is 2. The van der Waals surface area contributed by atoms with Gasteiger partial charge in [0, 0.05) is 31.0 Å². The van der Waals surface area contributed by atoms with E-state index >= 15 is 0 Å². The molecule has 1 aliphatic rings. The van der Waals surface area contributed by atoms with Crippen LogP contribution in [-0.4, -0.2) is 42.8 Å². The Morgan fingerprint density at radius 1 is 1.10 bits per heavy atom. The topological polar surface area (TPSA) is 94.1 Å². The molecular formula is C22H25NO6. The molecule has 7 nitrogen and oxygen atoms in total. The first kappa shape index (κ1) is 20.7. The highest BCUT2D eigenvalue weighted by Gasteiger charge is 2.15. The Kier molecular flexibility index (Phi) is 6.72. The van der Waals surface area contributed by atoms with Crippen LogP contribution in [0.25, 0.3) is 0 Å². The number of fused-ring (bicyclic) bond motifs is 1. The smallest absolute Gasteiger partial charge is 0.231 e. The highest BCUT2D eigenvalue weighted by Crippen LogP contribution is 2.35. The fourth-order valence-electron chi connectivity index (χ4n) is 2.94. The van der Waals surface area contributed by atoms with Gasteiger partial charge in [-0.3, -0.25) is 9.59 Å². The summed E-state index contributed by atoms with van der Waals surface area (Å²) in [5, 5.41) is 12.6. The first-order valence-corrected chi connectivity index (χ1v) is 9.50. The van der Waals surface area contributed by atoms with Crippen LogP contribution in [0.1, 0.15) is 34.3 Å². The Balaban J connectivity index is 1.37. The normalized spacial score (nSPS) is 13.1. The second kappa shape index (κ2) is 9.43. The number of hydrogen-bond acceptors (Lipinski definition) is 6. The summed E-state index contributed by atoms with van der Waals surface area (Å²) in [6, 6.07) is 10.8.